The summed E-state index contributed by atoms with van der Waals surface area (Å²) < 4.78 is 5.26. The van der Waals surface area contributed by atoms with E-state index < -0.39 is 6.03 Å². The van der Waals surface area contributed by atoms with Crippen molar-refractivity contribution in [3.05, 3.63) is 47.0 Å². The van der Waals surface area contributed by atoms with Gasteiger partial charge in [0.15, 0.2) is 0 Å². The van der Waals surface area contributed by atoms with Crippen molar-refractivity contribution in [2.75, 3.05) is 35.7 Å². The molecule has 1 aliphatic heterocycles. The standard InChI is InChI=1S/C19H21ClN4O3/c1-27-17-5-2-13(20)11-15(17)22-8-6-18(25)23-14-3-4-16-12(10-14)7-9-24(16)19(21)26/h2-5,10-11,22H,6-9H2,1H3,(H2,21,26)(H,23,25). The Morgan fingerprint density at radius 2 is 2.07 bits per heavy atom. The highest BCUT2D eigenvalue weighted by Gasteiger charge is 2.23. The lowest BCUT2D eigenvalue weighted by Gasteiger charge is -2.14. The number of benzene rings is 2. The Balaban J connectivity index is 1.55. The van der Waals surface area contributed by atoms with Crippen molar-refractivity contribution in [1.82, 2.24) is 0 Å². The van der Waals surface area contributed by atoms with E-state index in [4.69, 9.17) is 22.1 Å². The van der Waals surface area contributed by atoms with Crippen molar-refractivity contribution in [2.24, 2.45) is 5.73 Å². The fourth-order valence-corrected chi connectivity index (χ4v) is 3.23. The fraction of sp³-hybridized carbons (Fsp3) is 0.263. The second-order valence-electron chi connectivity index (χ2n) is 6.15. The predicted molar refractivity (Wildman–Crippen MR) is 107 cm³/mol. The van der Waals surface area contributed by atoms with E-state index in [1.54, 1.807) is 37.4 Å². The predicted octanol–water partition coefficient (Wildman–Crippen LogP) is 3.23. The highest BCUT2D eigenvalue weighted by molar-refractivity contribution is 6.30. The summed E-state index contributed by atoms with van der Waals surface area (Å²) in [4.78, 5) is 25.1. The maximum atomic E-state index is 12.2. The molecule has 2 aromatic carbocycles. The monoisotopic (exact) mass is 388 g/mol. The molecule has 0 aromatic heterocycles. The van der Waals surface area contributed by atoms with E-state index in [1.165, 1.54) is 4.90 Å². The van der Waals surface area contributed by atoms with Gasteiger partial charge in [-0.05, 0) is 48.4 Å². The third kappa shape index (κ3) is 4.43. The number of hydrogen-bond acceptors (Lipinski definition) is 4. The molecule has 3 rings (SSSR count). The zero-order valence-corrected chi connectivity index (χ0v) is 15.7. The molecule has 142 valence electrons. The van der Waals surface area contributed by atoms with Crippen LogP contribution < -0.4 is 26.0 Å². The van der Waals surface area contributed by atoms with Gasteiger partial charge in [0.2, 0.25) is 5.91 Å². The number of nitrogens with one attached hydrogen (secondary N) is 2. The molecule has 0 unspecified atom stereocenters. The van der Waals surface area contributed by atoms with Crippen LogP contribution in [0.4, 0.5) is 21.9 Å². The summed E-state index contributed by atoms with van der Waals surface area (Å²) in [5.74, 6) is 0.547. The van der Waals surface area contributed by atoms with E-state index >= 15 is 0 Å². The van der Waals surface area contributed by atoms with Gasteiger partial charge in [0.25, 0.3) is 0 Å². The highest BCUT2D eigenvalue weighted by atomic mass is 35.5. The number of amides is 3. The molecule has 27 heavy (non-hydrogen) atoms. The molecule has 0 saturated heterocycles. The molecule has 8 heteroatoms. The summed E-state index contributed by atoms with van der Waals surface area (Å²) in [5, 5.41) is 6.61. The lowest BCUT2D eigenvalue weighted by molar-refractivity contribution is -0.115. The average molecular weight is 389 g/mol. The number of hydrogen-bond donors (Lipinski definition) is 3. The van der Waals surface area contributed by atoms with Crippen LogP contribution in [0.5, 0.6) is 5.75 Å². The van der Waals surface area contributed by atoms with Gasteiger partial charge in [0, 0.05) is 35.9 Å². The zero-order chi connectivity index (χ0) is 19.4. The normalized spacial score (nSPS) is 12.4. The first kappa shape index (κ1) is 18.8. The Labute approximate surface area is 162 Å². The van der Waals surface area contributed by atoms with Gasteiger partial charge in [-0.25, -0.2) is 4.79 Å². The van der Waals surface area contributed by atoms with Crippen LogP contribution in [0.3, 0.4) is 0 Å². The van der Waals surface area contributed by atoms with Gasteiger partial charge >= 0.3 is 6.03 Å². The topological polar surface area (TPSA) is 96.7 Å². The van der Waals surface area contributed by atoms with E-state index in [1.807, 2.05) is 6.07 Å². The largest absolute Gasteiger partial charge is 0.495 e. The first-order valence-electron chi connectivity index (χ1n) is 8.55. The number of nitrogens with two attached hydrogens (primary N) is 1. The summed E-state index contributed by atoms with van der Waals surface area (Å²) in [6.45, 7) is 0.996. The number of fused-ring (bicyclic) bond motifs is 1. The van der Waals surface area contributed by atoms with Crippen LogP contribution in [-0.2, 0) is 11.2 Å². The molecule has 0 radical (unpaired) electrons. The van der Waals surface area contributed by atoms with Gasteiger partial charge in [0.05, 0.1) is 12.8 Å². The minimum absolute atomic E-state index is 0.117. The molecule has 7 nitrogen and oxygen atoms in total. The van der Waals surface area contributed by atoms with Crippen LogP contribution in [-0.4, -0.2) is 32.1 Å². The van der Waals surface area contributed by atoms with Crippen LogP contribution in [0.1, 0.15) is 12.0 Å². The number of primary amides is 1. The number of urea groups is 1. The van der Waals surface area contributed by atoms with Crippen molar-refractivity contribution < 1.29 is 14.3 Å². The molecule has 0 saturated carbocycles. The number of nitrogens with zero attached hydrogens (tertiary/aromatic N) is 1. The van der Waals surface area contributed by atoms with E-state index in [-0.39, 0.29) is 12.3 Å². The Morgan fingerprint density at radius 1 is 1.26 bits per heavy atom. The molecule has 0 aliphatic carbocycles. The van der Waals surface area contributed by atoms with Gasteiger partial charge in [-0.15, -0.1) is 0 Å². The fourth-order valence-electron chi connectivity index (χ4n) is 3.06. The van der Waals surface area contributed by atoms with E-state index in [2.05, 4.69) is 10.6 Å². The third-order valence-corrected chi connectivity index (χ3v) is 4.59. The molecule has 3 amide bonds. The molecule has 0 spiro atoms. The SMILES string of the molecule is COc1ccc(Cl)cc1NCCC(=O)Nc1ccc2c(c1)CCN2C(N)=O. The van der Waals surface area contributed by atoms with Crippen LogP contribution in [0.25, 0.3) is 0 Å². The van der Waals surface area contributed by atoms with E-state index in [9.17, 15) is 9.59 Å². The maximum Gasteiger partial charge on any atom is 0.319 e. The Hall–Kier alpha value is -2.93. The van der Waals surface area contributed by atoms with E-state index in [0.29, 0.717) is 29.5 Å². The molecular weight excluding hydrogens is 368 g/mol. The van der Waals surface area contributed by atoms with Crippen molar-refractivity contribution in [2.45, 2.75) is 12.8 Å². The molecule has 0 fully saturated rings. The Kier molecular flexibility index (Phi) is 5.71. The molecule has 2 aromatic rings. The minimum atomic E-state index is -0.465. The zero-order valence-electron chi connectivity index (χ0n) is 14.9. The summed E-state index contributed by atoms with van der Waals surface area (Å²) >= 11 is 5.99. The summed E-state index contributed by atoms with van der Waals surface area (Å²) in [7, 11) is 1.58. The van der Waals surface area contributed by atoms with Crippen molar-refractivity contribution >= 4 is 40.6 Å². The Bertz CT molecular complexity index is 872. The van der Waals surface area contributed by atoms with Gasteiger partial charge < -0.3 is 21.1 Å². The number of methoxy groups -OCH3 is 1. The number of carbonyl (C=O) groups is 2. The molecule has 0 atom stereocenters. The van der Waals surface area contributed by atoms with Gasteiger partial charge in [-0.1, -0.05) is 11.6 Å². The molecular formula is C19H21ClN4O3. The van der Waals surface area contributed by atoms with Crippen LogP contribution in [0.2, 0.25) is 5.02 Å². The number of ether oxygens (including phenoxy) is 1. The van der Waals surface area contributed by atoms with Crippen LogP contribution in [0.15, 0.2) is 36.4 Å². The van der Waals surface area contributed by atoms with Gasteiger partial charge in [-0.2, -0.15) is 0 Å². The van der Waals surface area contributed by atoms with Crippen molar-refractivity contribution in [3.8, 4) is 5.75 Å². The van der Waals surface area contributed by atoms with Crippen LogP contribution >= 0.6 is 11.6 Å². The summed E-state index contributed by atoms with van der Waals surface area (Å²) in [5.41, 5.74) is 8.59. The number of anilines is 3. The second kappa shape index (κ2) is 8.18. The Morgan fingerprint density at radius 3 is 2.81 bits per heavy atom. The third-order valence-electron chi connectivity index (χ3n) is 4.35. The smallest absolute Gasteiger partial charge is 0.319 e. The number of rotatable bonds is 6. The van der Waals surface area contributed by atoms with Crippen molar-refractivity contribution in [1.29, 1.82) is 0 Å². The van der Waals surface area contributed by atoms with E-state index in [0.717, 1.165) is 23.4 Å². The molecule has 1 heterocycles. The minimum Gasteiger partial charge on any atom is -0.495 e. The number of halogens is 1. The van der Waals surface area contributed by atoms with Crippen LogP contribution in [0, 0.1) is 0 Å². The molecule has 0 bridgehead atoms. The quantitative estimate of drug-likeness (QED) is 0.707. The van der Waals surface area contributed by atoms with Crippen molar-refractivity contribution in [3.63, 3.8) is 0 Å². The summed E-state index contributed by atoms with van der Waals surface area (Å²) in [6.07, 6.45) is 0.998. The lowest BCUT2D eigenvalue weighted by Crippen LogP contribution is -2.33. The maximum absolute atomic E-state index is 12.2. The second-order valence-corrected chi connectivity index (χ2v) is 6.59. The lowest BCUT2D eigenvalue weighted by atomic mass is 10.1. The molecule has 4 N–H and O–H groups in total. The number of carbonyl (C=O) groups excluding carboxylic acids is 2. The molecule has 1 aliphatic rings. The average Bonchev–Trinajstić information content (AvgIpc) is 3.05. The van der Waals surface area contributed by atoms with Gasteiger partial charge in [-0.3, -0.25) is 9.69 Å². The van der Waals surface area contributed by atoms with Gasteiger partial charge in [0.1, 0.15) is 5.75 Å². The first-order valence-corrected chi connectivity index (χ1v) is 8.93. The highest BCUT2D eigenvalue weighted by Crippen LogP contribution is 2.30. The summed E-state index contributed by atoms with van der Waals surface area (Å²) in [6, 6.07) is 10.2. The first-order chi connectivity index (χ1) is 13.0.